The number of rotatable bonds is 5. The summed E-state index contributed by atoms with van der Waals surface area (Å²) in [5.41, 5.74) is -0.830. The maximum Gasteiger partial charge on any atom is 0.333 e. The van der Waals surface area contributed by atoms with Gasteiger partial charge in [-0.2, -0.15) is 0 Å². The molecular formula is C39H60O8. The number of ether oxygens (including phenoxy) is 3. The lowest BCUT2D eigenvalue weighted by atomic mass is 9.33. The van der Waals surface area contributed by atoms with Crippen molar-refractivity contribution in [2.45, 2.75) is 146 Å². The van der Waals surface area contributed by atoms with Gasteiger partial charge in [0.05, 0.1) is 17.6 Å². The van der Waals surface area contributed by atoms with Crippen molar-refractivity contribution in [3.05, 3.63) is 23.3 Å². The second-order valence-electron chi connectivity index (χ2n) is 17.9. The van der Waals surface area contributed by atoms with Crippen LogP contribution in [0.1, 0.15) is 121 Å². The van der Waals surface area contributed by atoms with Crippen LogP contribution in [0, 0.1) is 50.2 Å². The van der Waals surface area contributed by atoms with E-state index in [4.69, 9.17) is 14.2 Å². The molecule has 264 valence electrons. The molecule has 4 unspecified atom stereocenters. The molecule has 0 aliphatic heterocycles. The monoisotopic (exact) mass is 656 g/mol. The molecule has 0 amide bonds. The van der Waals surface area contributed by atoms with Crippen LogP contribution in [0.15, 0.2) is 23.3 Å². The number of hydrogen-bond donors (Lipinski definition) is 2. The fourth-order valence-corrected chi connectivity index (χ4v) is 11.9. The predicted molar refractivity (Wildman–Crippen MR) is 179 cm³/mol. The standard InChI is InChI=1S/C39H60O8/c1-12-22(2)33(44)47-31-32(46-24(4)41)39(21-45-23(3)40)26(19-34(31,5)6)25-13-14-28-36(9)17-16-29(42)35(7,8)27(36)15-18-37(28,10)38(25,11)20-30(39)43/h12-13,26-32,42-43H,14-21H2,1-11H3/b22-12+/t26-,27-,28+,29?,30?,31?,32?,36-,37+,38+,39-/m0/s1. The quantitative estimate of drug-likeness (QED) is 0.145. The first-order valence-corrected chi connectivity index (χ1v) is 17.8. The van der Waals surface area contributed by atoms with E-state index >= 15 is 0 Å². The van der Waals surface area contributed by atoms with Crippen molar-refractivity contribution >= 4 is 17.9 Å². The Hall–Kier alpha value is -2.19. The highest BCUT2D eigenvalue weighted by molar-refractivity contribution is 5.87. The number of carbonyl (C=O) groups excluding carboxylic acids is 3. The molecule has 4 fully saturated rings. The Morgan fingerprint density at radius 2 is 1.51 bits per heavy atom. The summed E-state index contributed by atoms with van der Waals surface area (Å²) in [6, 6.07) is 0. The molecule has 0 bridgehead atoms. The van der Waals surface area contributed by atoms with Gasteiger partial charge in [-0.3, -0.25) is 9.59 Å². The van der Waals surface area contributed by atoms with Crippen LogP contribution in [0.25, 0.3) is 0 Å². The lowest BCUT2D eigenvalue weighted by Gasteiger charge is -2.72. The Bertz CT molecular complexity index is 1360. The van der Waals surface area contributed by atoms with E-state index in [-0.39, 0.29) is 40.3 Å². The number of fused-ring (bicyclic) bond motifs is 7. The number of carbonyl (C=O) groups is 3. The summed E-state index contributed by atoms with van der Waals surface area (Å²) in [6.45, 7) is 21.7. The molecule has 0 saturated heterocycles. The fourth-order valence-electron chi connectivity index (χ4n) is 11.9. The predicted octanol–water partition coefficient (Wildman–Crippen LogP) is 6.71. The molecule has 0 aromatic heterocycles. The molecule has 11 atom stereocenters. The molecule has 0 spiro atoms. The van der Waals surface area contributed by atoms with E-state index in [1.54, 1.807) is 19.9 Å². The minimum absolute atomic E-state index is 0.0358. The van der Waals surface area contributed by atoms with Crippen LogP contribution in [0.2, 0.25) is 0 Å². The van der Waals surface area contributed by atoms with Crippen molar-refractivity contribution in [2.24, 2.45) is 50.2 Å². The van der Waals surface area contributed by atoms with Gasteiger partial charge in [0.2, 0.25) is 0 Å². The molecule has 0 aromatic carbocycles. The maximum absolute atomic E-state index is 13.3. The van der Waals surface area contributed by atoms with E-state index in [0.717, 1.165) is 32.1 Å². The third-order valence-electron chi connectivity index (χ3n) is 14.9. The molecule has 4 saturated carbocycles. The average Bonchev–Trinajstić information content (AvgIpc) is 2.96. The van der Waals surface area contributed by atoms with E-state index in [2.05, 4.69) is 40.7 Å². The smallest absolute Gasteiger partial charge is 0.333 e. The van der Waals surface area contributed by atoms with Gasteiger partial charge in [0.15, 0.2) is 6.10 Å². The Morgan fingerprint density at radius 1 is 0.851 bits per heavy atom. The number of aliphatic hydroxyl groups is 2. The van der Waals surface area contributed by atoms with Crippen molar-refractivity contribution in [1.29, 1.82) is 0 Å². The van der Waals surface area contributed by atoms with Crippen molar-refractivity contribution in [3.8, 4) is 0 Å². The molecule has 5 aliphatic carbocycles. The second kappa shape index (κ2) is 11.7. The molecule has 8 heteroatoms. The normalized spacial score (nSPS) is 45.2. The average molecular weight is 657 g/mol. The van der Waals surface area contributed by atoms with Crippen LogP contribution in [0.3, 0.4) is 0 Å². The fraction of sp³-hybridized carbons (Fsp3) is 0.821. The third-order valence-corrected chi connectivity index (χ3v) is 14.9. The second-order valence-corrected chi connectivity index (χ2v) is 17.9. The van der Waals surface area contributed by atoms with E-state index in [1.165, 1.54) is 19.4 Å². The molecule has 8 nitrogen and oxygen atoms in total. The van der Waals surface area contributed by atoms with E-state index in [0.29, 0.717) is 30.3 Å². The Labute approximate surface area is 282 Å². The van der Waals surface area contributed by atoms with Gasteiger partial charge in [0.25, 0.3) is 0 Å². The molecular weight excluding hydrogens is 596 g/mol. The van der Waals surface area contributed by atoms with Crippen LogP contribution in [0.5, 0.6) is 0 Å². The third kappa shape index (κ3) is 5.16. The zero-order valence-corrected chi connectivity index (χ0v) is 30.7. The highest BCUT2D eigenvalue weighted by Crippen LogP contribution is 2.76. The number of hydrogen-bond acceptors (Lipinski definition) is 8. The van der Waals surface area contributed by atoms with Crippen LogP contribution in [-0.4, -0.2) is 59.1 Å². The highest BCUT2D eigenvalue weighted by Gasteiger charge is 2.73. The van der Waals surface area contributed by atoms with Crippen molar-refractivity contribution < 1.29 is 38.8 Å². The SMILES string of the molecule is C/C=C(\C)C(=O)OC1C(OC(C)=O)[C@]2(COC(C)=O)C(O)C[C@]3(C)C(=CC[C@@H]4[C@@]5(C)CCC(O)C(C)(C)[C@@H]5CC[C@]43C)[C@@H]2CC1(C)C. The largest absolute Gasteiger partial charge is 0.465 e. The van der Waals surface area contributed by atoms with Gasteiger partial charge >= 0.3 is 17.9 Å². The van der Waals surface area contributed by atoms with Crippen LogP contribution in [-0.2, 0) is 28.6 Å². The summed E-state index contributed by atoms with van der Waals surface area (Å²) in [7, 11) is 0. The number of aliphatic hydroxyl groups excluding tert-OH is 2. The highest BCUT2D eigenvalue weighted by atomic mass is 16.6. The lowest BCUT2D eigenvalue weighted by molar-refractivity contribution is -0.267. The zero-order chi connectivity index (χ0) is 35.1. The van der Waals surface area contributed by atoms with Crippen molar-refractivity contribution in [2.75, 3.05) is 6.61 Å². The summed E-state index contributed by atoms with van der Waals surface area (Å²) in [5.74, 6) is -1.07. The molecule has 2 N–H and O–H groups in total. The van der Waals surface area contributed by atoms with Gasteiger partial charge in [-0.25, -0.2) is 4.79 Å². The Morgan fingerprint density at radius 3 is 2.11 bits per heavy atom. The van der Waals surface area contributed by atoms with Gasteiger partial charge in [0, 0.05) is 24.8 Å². The van der Waals surface area contributed by atoms with Crippen LogP contribution < -0.4 is 0 Å². The first-order chi connectivity index (χ1) is 21.6. The molecule has 0 heterocycles. The van der Waals surface area contributed by atoms with E-state index in [1.807, 2.05) is 13.8 Å². The van der Waals surface area contributed by atoms with Crippen LogP contribution in [0.4, 0.5) is 0 Å². The zero-order valence-electron chi connectivity index (χ0n) is 30.7. The Kier molecular flexibility index (Phi) is 8.99. The summed E-state index contributed by atoms with van der Waals surface area (Å²) in [5, 5.41) is 23.7. The summed E-state index contributed by atoms with van der Waals surface area (Å²) < 4.78 is 18.1. The van der Waals surface area contributed by atoms with E-state index in [9.17, 15) is 24.6 Å². The van der Waals surface area contributed by atoms with Crippen molar-refractivity contribution in [3.63, 3.8) is 0 Å². The molecule has 0 radical (unpaired) electrons. The summed E-state index contributed by atoms with van der Waals surface area (Å²) >= 11 is 0. The summed E-state index contributed by atoms with van der Waals surface area (Å²) in [4.78, 5) is 38.5. The molecule has 5 aliphatic rings. The van der Waals surface area contributed by atoms with Gasteiger partial charge < -0.3 is 24.4 Å². The lowest BCUT2D eigenvalue weighted by Crippen LogP contribution is -2.72. The van der Waals surface area contributed by atoms with Gasteiger partial charge in [-0.1, -0.05) is 66.2 Å². The number of esters is 3. The van der Waals surface area contributed by atoms with Gasteiger partial charge in [-0.05, 0) is 98.2 Å². The molecule has 0 aromatic rings. The van der Waals surface area contributed by atoms with Gasteiger partial charge in [0.1, 0.15) is 12.7 Å². The minimum Gasteiger partial charge on any atom is -0.465 e. The first kappa shape index (κ1) is 36.1. The van der Waals surface area contributed by atoms with E-state index < -0.39 is 47.0 Å². The summed E-state index contributed by atoms with van der Waals surface area (Å²) in [6.07, 6.45) is 6.47. The molecule has 47 heavy (non-hydrogen) atoms. The minimum atomic E-state index is -1.21. The molecule has 5 rings (SSSR count). The first-order valence-electron chi connectivity index (χ1n) is 17.8. The Balaban J connectivity index is 1.67. The van der Waals surface area contributed by atoms with Crippen LogP contribution >= 0.6 is 0 Å². The van der Waals surface area contributed by atoms with Gasteiger partial charge in [-0.15, -0.1) is 0 Å². The topological polar surface area (TPSA) is 119 Å². The van der Waals surface area contributed by atoms with Crippen molar-refractivity contribution in [1.82, 2.24) is 0 Å². The maximum atomic E-state index is 13.3. The number of allylic oxidation sites excluding steroid dienone is 3.